The first-order chi connectivity index (χ1) is 20.8. The van der Waals surface area contributed by atoms with Crippen LogP contribution in [0.3, 0.4) is 0 Å². The molecule has 0 fully saturated rings. The number of guanidine groups is 1. The maximum Gasteiger partial charge on any atom is 0.407 e. The van der Waals surface area contributed by atoms with Crippen molar-refractivity contribution in [2.24, 2.45) is 16.5 Å². The Morgan fingerprint density at radius 3 is 2.20 bits per heavy atom. The van der Waals surface area contributed by atoms with Crippen molar-refractivity contribution in [2.75, 3.05) is 26.0 Å². The number of aliphatic carboxylic acids is 1. The third-order valence-corrected chi connectivity index (χ3v) is 7.27. The number of nitrogens with zero attached hydrogens (tertiary/aromatic N) is 1. The molecule has 0 spiro atoms. The highest BCUT2D eigenvalue weighted by atomic mass is 32.2. The van der Waals surface area contributed by atoms with Crippen LogP contribution in [-0.2, 0) is 29.0 Å². The third kappa shape index (κ3) is 10.4. The largest absolute Gasteiger partial charge is 0.481 e. The SMILES string of the molecule is CS(=O)(=O)/C=C/[C@H](CC(=O)O)NC(=O)CNC(=O)[C@H](CCCN=C(N)N)NC(=O)OCC1c2ccccc2-c2ccccc21. The molecule has 2 aromatic carbocycles. The van der Waals surface area contributed by atoms with E-state index in [1.54, 1.807) is 0 Å². The van der Waals surface area contributed by atoms with E-state index in [1.807, 2.05) is 48.5 Å². The van der Waals surface area contributed by atoms with Crippen LogP contribution in [0.15, 0.2) is 65.0 Å². The Morgan fingerprint density at radius 2 is 1.64 bits per heavy atom. The van der Waals surface area contributed by atoms with Gasteiger partial charge in [0.1, 0.15) is 12.6 Å². The monoisotopic (exact) mass is 628 g/mol. The lowest BCUT2D eigenvalue weighted by Gasteiger charge is -2.20. The van der Waals surface area contributed by atoms with E-state index in [4.69, 9.17) is 21.3 Å². The van der Waals surface area contributed by atoms with Crippen molar-refractivity contribution in [3.63, 3.8) is 0 Å². The third-order valence-electron chi connectivity index (χ3n) is 6.62. The summed E-state index contributed by atoms with van der Waals surface area (Å²) in [5.41, 5.74) is 14.9. The predicted molar refractivity (Wildman–Crippen MR) is 163 cm³/mol. The molecular formula is C29H36N6O8S. The molecule has 0 radical (unpaired) electrons. The Labute approximate surface area is 254 Å². The van der Waals surface area contributed by atoms with Gasteiger partial charge in [-0.1, -0.05) is 54.6 Å². The number of nitrogens with one attached hydrogen (secondary N) is 3. The summed E-state index contributed by atoms with van der Waals surface area (Å²) in [6.07, 6.45) is 0.943. The summed E-state index contributed by atoms with van der Waals surface area (Å²) in [6.45, 7) is -0.364. The molecule has 2 aromatic rings. The van der Waals surface area contributed by atoms with Gasteiger partial charge >= 0.3 is 12.1 Å². The number of fused-ring (bicyclic) bond motifs is 3. The van der Waals surface area contributed by atoms with Crippen LogP contribution in [0.2, 0.25) is 0 Å². The second-order valence-electron chi connectivity index (χ2n) is 10.1. The van der Waals surface area contributed by atoms with Gasteiger partial charge in [0.25, 0.3) is 0 Å². The number of hydrogen-bond acceptors (Lipinski definition) is 8. The van der Waals surface area contributed by atoms with Crippen molar-refractivity contribution < 1.29 is 37.4 Å². The topological polar surface area (TPSA) is 232 Å². The quantitative estimate of drug-likeness (QED) is 0.0912. The number of aliphatic imine (C=N–C) groups is 1. The van der Waals surface area contributed by atoms with E-state index in [1.165, 1.54) is 0 Å². The van der Waals surface area contributed by atoms with Crippen LogP contribution in [0.25, 0.3) is 11.1 Å². The molecule has 1 aliphatic carbocycles. The minimum Gasteiger partial charge on any atom is -0.481 e. The Kier molecular flexibility index (Phi) is 11.8. The van der Waals surface area contributed by atoms with Gasteiger partial charge in [-0.2, -0.15) is 0 Å². The van der Waals surface area contributed by atoms with Gasteiger partial charge in [0.15, 0.2) is 15.8 Å². The highest BCUT2D eigenvalue weighted by molar-refractivity contribution is 7.93. The lowest BCUT2D eigenvalue weighted by atomic mass is 9.98. The zero-order valence-electron chi connectivity index (χ0n) is 24.1. The highest BCUT2D eigenvalue weighted by Crippen LogP contribution is 2.44. The lowest BCUT2D eigenvalue weighted by Crippen LogP contribution is -2.50. The zero-order valence-corrected chi connectivity index (χ0v) is 24.9. The smallest absolute Gasteiger partial charge is 0.407 e. The number of carbonyl (C=O) groups is 4. The summed E-state index contributed by atoms with van der Waals surface area (Å²) < 4.78 is 28.3. The van der Waals surface area contributed by atoms with Gasteiger partial charge in [-0.15, -0.1) is 0 Å². The van der Waals surface area contributed by atoms with E-state index in [2.05, 4.69) is 20.9 Å². The van der Waals surface area contributed by atoms with E-state index in [0.29, 0.717) is 6.42 Å². The Bertz CT molecular complexity index is 1490. The van der Waals surface area contributed by atoms with Gasteiger partial charge in [-0.05, 0) is 35.1 Å². The summed E-state index contributed by atoms with van der Waals surface area (Å²) >= 11 is 0. The standard InChI is InChI=1S/C29H36N6O8S/c1-44(41,42)14-12-18(15-26(37)38)34-25(36)16-33-27(39)24(11-6-13-32-28(30)31)35-29(40)43-17-23-21-9-4-2-7-19(21)20-8-3-5-10-22(20)23/h2-5,7-10,12,14,18,23-24H,6,11,13,15-17H2,1H3,(H,33,39)(H,34,36)(H,35,40)(H,37,38)(H4,30,31,32)/b14-12+/t18-,24+/m1/s1. The summed E-state index contributed by atoms with van der Waals surface area (Å²) in [4.78, 5) is 53.3. The van der Waals surface area contributed by atoms with Gasteiger partial charge in [0, 0.05) is 24.1 Å². The number of ether oxygens (including phenoxy) is 1. The first-order valence-electron chi connectivity index (χ1n) is 13.7. The van der Waals surface area contributed by atoms with Gasteiger partial charge in [0.2, 0.25) is 11.8 Å². The molecule has 0 unspecified atom stereocenters. The van der Waals surface area contributed by atoms with Crippen molar-refractivity contribution >= 4 is 39.7 Å². The molecule has 0 saturated heterocycles. The Balaban J connectivity index is 1.62. The Morgan fingerprint density at radius 1 is 1.02 bits per heavy atom. The first kappa shape index (κ1) is 33.6. The number of carbonyl (C=O) groups excluding carboxylic acids is 3. The lowest BCUT2D eigenvalue weighted by molar-refractivity contribution is -0.137. The molecule has 8 N–H and O–H groups in total. The van der Waals surface area contributed by atoms with Crippen molar-refractivity contribution in [3.8, 4) is 11.1 Å². The molecule has 15 heteroatoms. The van der Waals surface area contributed by atoms with Gasteiger partial charge in [-0.25, -0.2) is 13.2 Å². The van der Waals surface area contributed by atoms with Crippen molar-refractivity contribution in [1.82, 2.24) is 16.0 Å². The second-order valence-corrected chi connectivity index (χ2v) is 12.1. The van der Waals surface area contributed by atoms with Crippen LogP contribution in [0.1, 0.15) is 36.3 Å². The van der Waals surface area contributed by atoms with E-state index in [9.17, 15) is 27.6 Å². The van der Waals surface area contributed by atoms with Crippen LogP contribution in [0.4, 0.5) is 4.79 Å². The van der Waals surface area contributed by atoms with Crippen molar-refractivity contribution in [2.45, 2.75) is 37.3 Å². The number of alkyl carbamates (subject to hydrolysis) is 1. The van der Waals surface area contributed by atoms with E-state index >= 15 is 0 Å². The number of benzene rings is 2. The minimum absolute atomic E-state index is 0.0244. The number of carboxylic acids is 1. The molecule has 0 bridgehead atoms. The van der Waals surface area contributed by atoms with Crippen LogP contribution in [0.5, 0.6) is 0 Å². The number of nitrogens with two attached hydrogens (primary N) is 2. The van der Waals surface area contributed by atoms with Crippen molar-refractivity contribution in [3.05, 3.63) is 71.1 Å². The van der Waals surface area contributed by atoms with Crippen molar-refractivity contribution in [1.29, 1.82) is 0 Å². The number of carboxylic acid groups (broad SMARTS) is 1. The molecule has 44 heavy (non-hydrogen) atoms. The van der Waals surface area contributed by atoms with Gasteiger partial charge in [0.05, 0.1) is 19.0 Å². The molecular weight excluding hydrogens is 592 g/mol. The number of amides is 3. The Hall–Kier alpha value is -4.92. The molecule has 0 aliphatic heterocycles. The van der Waals surface area contributed by atoms with E-state index < -0.39 is 58.8 Å². The molecule has 0 aromatic heterocycles. The predicted octanol–water partition coefficient (Wildman–Crippen LogP) is 0.581. The van der Waals surface area contributed by atoms with E-state index in [0.717, 1.165) is 40.0 Å². The molecule has 236 valence electrons. The molecule has 1 aliphatic rings. The second kappa shape index (κ2) is 15.5. The number of sulfone groups is 1. The summed E-state index contributed by atoms with van der Waals surface area (Å²) in [7, 11) is -3.57. The maximum absolute atomic E-state index is 13.0. The molecule has 3 amide bonds. The van der Waals surface area contributed by atoms with Crippen LogP contribution in [-0.4, -0.2) is 81.4 Å². The van der Waals surface area contributed by atoms with Crippen LogP contribution >= 0.6 is 0 Å². The van der Waals surface area contributed by atoms with E-state index in [-0.39, 0.29) is 31.4 Å². The molecule has 14 nitrogen and oxygen atoms in total. The minimum atomic E-state index is -3.57. The molecule has 3 rings (SSSR count). The van der Waals surface area contributed by atoms with Crippen LogP contribution < -0.4 is 27.4 Å². The average Bonchev–Trinajstić information content (AvgIpc) is 3.28. The fourth-order valence-corrected chi connectivity index (χ4v) is 5.17. The number of hydrogen-bond donors (Lipinski definition) is 6. The average molecular weight is 629 g/mol. The normalized spacial score (nSPS) is 13.7. The highest BCUT2D eigenvalue weighted by Gasteiger charge is 2.30. The molecule has 0 saturated carbocycles. The fourth-order valence-electron chi connectivity index (χ4n) is 4.70. The molecule has 2 atom stereocenters. The van der Waals surface area contributed by atoms with Gasteiger partial charge in [-0.3, -0.25) is 19.4 Å². The zero-order chi connectivity index (χ0) is 32.3. The maximum atomic E-state index is 13.0. The molecule has 0 heterocycles. The summed E-state index contributed by atoms with van der Waals surface area (Å²) in [5.74, 6) is -3.08. The van der Waals surface area contributed by atoms with Gasteiger partial charge < -0.3 is 37.3 Å². The number of rotatable bonds is 15. The first-order valence-corrected chi connectivity index (χ1v) is 15.6. The fraction of sp³-hybridized carbons (Fsp3) is 0.345. The summed E-state index contributed by atoms with van der Waals surface area (Å²) in [5, 5.41) is 17.1. The van der Waals surface area contributed by atoms with Crippen LogP contribution in [0, 0.1) is 0 Å². The summed E-state index contributed by atoms with van der Waals surface area (Å²) in [6, 6.07) is 13.4.